The van der Waals surface area contributed by atoms with Gasteiger partial charge in [-0.15, -0.1) is 13.2 Å². The quantitative estimate of drug-likeness (QED) is 0.843. The fourth-order valence-corrected chi connectivity index (χ4v) is 3.09. The van der Waals surface area contributed by atoms with Gasteiger partial charge in [-0.25, -0.2) is 4.79 Å². The van der Waals surface area contributed by atoms with Crippen molar-refractivity contribution in [3.05, 3.63) is 60.2 Å². The van der Waals surface area contributed by atoms with Crippen LogP contribution in [0.5, 0.6) is 5.75 Å². The number of hydrogen-bond acceptors (Lipinski definition) is 3. The molecule has 0 aliphatic carbocycles. The summed E-state index contributed by atoms with van der Waals surface area (Å²) in [6.07, 6.45) is -4.16. The maximum atomic E-state index is 12.3. The third kappa shape index (κ3) is 5.80. The summed E-state index contributed by atoms with van der Waals surface area (Å²) in [4.78, 5) is 16.3. The Kier molecular flexibility index (Phi) is 6.28. The highest BCUT2D eigenvalue weighted by Crippen LogP contribution is 2.22. The molecule has 1 saturated heterocycles. The summed E-state index contributed by atoms with van der Waals surface area (Å²) in [7, 11) is 0. The number of ether oxygens (including phenoxy) is 1. The van der Waals surface area contributed by atoms with Crippen molar-refractivity contribution in [3.63, 3.8) is 0 Å². The number of urea groups is 1. The number of halogens is 3. The second kappa shape index (κ2) is 8.86. The van der Waals surface area contributed by atoms with Crippen molar-refractivity contribution in [1.29, 1.82) is 0 Å². The molecule has 2 amide bonds. The monoisotopic (exact) mass is 393 g/mol. The number of carbonyl (C=O) groups excluding carboxylic acids is 1. The van der Waals surface area contributed by atoms with Crippen LogP contribution in [-0.2, 0) is 6.42 Å². The number of carbonyl (C=O) groups is 1. The summed E-state index contributed by atoms with van der Waals surface area (Å²) in [5.74, 6) is -0.253. The highest BCUT2D eigenvalue weighted by Gasteiger charge is 2.30. The minimum absolute atomic E-state index is 0.121. The van der Waals surface area contributed by atoms with E-state index in [9.17, 15) is 18.0 Å². The topological polar surface area (TPSA) is 44.8 Å². The number of rotatable bonds is 5. The maximum absolute atomic E-state index is 12.3. The average molecular weight is 393 g/mol. The molecule has 28 heavy (non-hydrogen) atoms. The number of alkyl halides is 3. The molecule has 1 N–H and O–H groups in total. The highest BCUT2D eigenvalue weighted by molar-refractivity contribution is 5.74. The van der Waals surface area contributed by atoms with Crippen molar-refractivity contribution in [2.75, 3.05) is 37.6 Å². The van der Waals surface area contributed by atoms with Crippen LogP contribution >= 0.6 is 0 Å². The lowest BCUT2D eigenvalue weighted by Gasteiger charge is -2.36. The van der Waals surface area contributed by atoms with Crippen LogP contribution < -0.4 is 15.0 Å². The highest BCUT2D eigenvalue weighted by atomic mass is 19.4. The van der Waals surface area contributed by atoms with Crippen LogP contribution in [-0.4, -0.2) is 50.0 Å². The van der Waals surface area contributed by atoms with Gasteiger partial charge in [0.25, 0.3) is 0 Å². The lowest BCUT2D eigenvalue weighted by atomic mass is 10.1. The van der Waals surface area contributed by atoms with Gasteiger partial charge < -0.3 is 19.9 Å². The molecule has 1 aliphatic heterocycles. The first-order chi connectivity index (χ1) is 13.4. The van der Waals surface area contributed by atoms with Crippen LogP contribution in [0.1, 0.15) is 5.56 Å². The zero-order valence-corrected chi connectivity index (χ0v) is 15.3. The number of para-hydroxylation sites is 1. The van der Waals surface area contributed by atoms with E-state index in [-0.39, 0.29) is 11.8 Å². The molecule has 0 atom stereocenters. The molecule has 0 unspecified atom stereocenters. The third-order valence-corrected chi connectivity index (χ3v) is 4.54. The third-order valence-electron chi connectivity index (χ3n) is 4.54. The van der Waals surface area contributed by atoms with Gasteiger partial charge in [-0.1, -0.05) is 30.3 Å². The first-order valence-electron chi connectivity index (χ1n) is 9.08. The summed E-state index contributed by atoms with van der Waals surface area (Å²) < 4.78 is 40.3. The molecule has 0 bridgehead atoms. The molecule has 3 rings (SSSR count). The van der Waals surface area contributed by atoms with Gasteiger partial charge in [-0.3, -0.25) is 0 Å². The van der Waals surface area contributed by atoms with E-state index in [0.717, 1.165) is 24.3 Å². The largest absolute Gasteiger partial charge is 0.573 e. The standard InChI is InChI=1S/C20H22F3N3O2/c21-20(22,23)28-18-8-6-16(7-9-18)10-11-24-19(27)26-14-12-25(13-15-26)17-4-2-1-3-5-17/h1-9H,10-15H2,(H,24,27). The minimum Gasteiger partial charge on any atom is -0.406 e. The first-order valence-corrected chi connectivity index (χ1v) is 9.08. The zero-order chi connectivity index (χ0) is 20.0. The Morgan fingerprint density at radius 1 is 0.964 bits per heavy atom. The van der Waals surface area contributed by atoms with Crippen LogP contribution in [0, 0.1) is 0 Å². The van der Waals surface area contributed by atoms with Gasteiger partial charge in [-0.2, -0.15) is 0 Å². The van der Waals surface area contributed by atoms with E-state index in [1.165, 1.54) is 12.1 Å². The minimum atomic E-state index is -4.69. The molecule has 150 valence electrons. The smallest absolute Gasteiger partial charge is 0.406 e. The van der Waals surface area contributed by atoms with E-state index >= 15 is 0 Å². The molecule has 0 radical (unpaired) electrons. The molecule has 1 heterocycles. The van der Waals surface area contributed by atoms with Crippen molar-refractivity contribution in [3.8, 4) is 5.75 Å². The van der Waals surface area contributed by atoms with Crippen molar-refractivity contribution in [1.82, 2.24) is 10.2 Å². The normalized spacial score (nSPS) is 14.7. The second-order valence-corrected chi connectivity index (χ2v) is 6.48. The number of nitrogens with one attached hydrogen (secondary N) is 1. The van der Waals surface area contributed by atoms with Crippen LogP contribution in [0.15, 0.2) is 54.6 Å². The van der Waals surface area contributed by atoms with Gasteiger partial charge in [0, 0.05) is 38.4 Å². The van der Waals surface area contributed by atoms with Crippen molar-refractivity contribution in [2.45, 2.75) is 12.8 Å². The van der Waals surface area contributed by atoms with E-state index in [0.29, 0.717) is 26.1 Å². The molecule has 5 nitrogen and oxygen atoms in total. The van der Waals surface area contributed by atoms with E-state index < -0.39 is 6.36 Å². The molecular formula is C20H22F3N3O2. The molecule has 0 aromatic heterocycles. The van der Waals surface area contributed by atoms with E-state index in [2.05, 4.69) is 27.1 Å². The Morgan fingerprint density at radius 3 is 2.21 bits per heavy atom. The van der Waals surface area contributed by atoms with Gasteiger partial charge in [0.2, 0.25) is 0 Å². The Hall–Kier alpha value is -2.90. The predicted octanol–water partition coefficient (Wildman–Crippen LogP) is 3.66. The maximum Gasteiger partial charge on any atom is 0.573 e. The van der Waals surface area contributed by atoms with Crippen molar-refractivity contribution >= 4 is 11.7 Å². The fourth-order valence-electron chi connectivity index (χ4n) is 3.09. The van der Waals surface area contributed by atoms with Crippen molar-refractivity contribution < 1.29 is 22.7 Å². The Morgan fingerprint density at radius 2 is 1.61 bits per heavy atom. The number of piperazine rings is 1. The van der Waals surface area contributed by atoms with Gasteiger partial charge in [0.15, 0.2) is 0 Å². The first kappa shape index (κ1) is 19.9. The number of benzene rings is 2. The Balaban J connectivity index is 1.39. The van der Waals surface area contributed by atoms with Crippen molar-refractivity contribution in [2.24, 2.45) is 0 Å². The van der Waals surface area contributed by atoms with Crippen LogP contribution in [0.2, 0.25) is 0 Å². The van der Waals surface area contributed by atoms with Gasteiger partial charge in [-0.05, 0) is 36.2 Å². The zero-order valence-electron chi connectivity index (χ0n) is 15.3. The molecule has 0 saturated carbocycles. The molecule has 1 aliphatic rings. The SMILES string of the molecule is O=C(NCCc1ccc(OC(F)(F)F)cc1)N1CCN(c2ccccc2)CC1. The summed E-state index contributed by atoms with van der Waals surface area (Å²) in [6.45, 7) is 3.25. The molecule has 2 aromatic rings. The molecule has 0 spiro atoms. The number of anilines is 1. The average Bonchev–Trinajstić information content (AvgIpc) is 2.69. The summed E-state index contributed by atoms with van der Waals surface area (Å²) in [5, 5.41) is 2.87. The predicted molar refractivity (Wildman–Crippen MR) is 100 cm³/mol. The van der Waals surface area contributed by atoms with Gasteiger partial charge >= 0.3 is 12.4 Å². The number of nitrogens with zero attached hydrogens (tertiary/aromatic N) is 2. The number of amides is 2. The lowest BCUT2D eigenvalue weighted by molar-refractivity contribution is -0.274. The van der Waals surface area contributed by atoms with Crippen LogP contribution in [0.3, 0.4) is 0 Å². The van der Waals surface area contributed by atoms with E-state index in [1.807, 2.05) is 18.2 Å². The summed E-state index contributed by atoms with van der Waals surface area (Å²) >= 11 is 0. The van der Waals surface area contributed by atoms with Gasteiger partial charge in [0.05, 0.1) is 0 Å². The lowest BCUT2D eigenvalue weighted by Crippen LogP contribution is -2.52. The molecular weight excluding hydrogens is 371 g/mol. The summed E-state index contributed by atoms with van der Waals surface area (Å²) in [6, 6.07) is 15.6. The Bertz CT molecular complexity index is 759. The molecule has 8 heteroatoms. The second-order valence-electron chi connectivity index (χ2n) is 6.48. The molecule has 2 aromatic carbocycles. The fraction of sp³-hybridized carbons (Fsp3) is 0.350. The Labute approximate surface area is 161 Å². The molecule has 1 fully saturated rings. The summed E-state index contributed by atoms with van der Waals surface area (Å²) in [5.41, 5.74) is 1.98. The number of hydrogen-bond donors (Lipinski definition) is 1. The van der Waals surface area contributed by atoms with Crippen LogP contribution in [0.25, 0.3) is 0 Å². The van der Waals surface area contributed by atoms with E-state index in [4.69, 9.17) is 0 Å². The van der Waals surface area contributed by atoms with Crippen LogP contribution in [0.4, 0.5) is 23.7 Å². The van der Waals surface area contributed by atoms with Gasteiger partial charge in [0.1, 0.15) is 5.75 Å². The van der Waals surface area contributed by atoms with E-state index in [1.54, 1.807) is 17.0 Å².